The zero-order valence-electron chi connectivity index (χ0n) is 19.0. The van der Waals surface area contributed by atoms with Crippen LogP contribution in [0.15, 0.2) is 30.5 Å². The summed E-state index contributed by atoms with van der Waals surface area (Å²) in [5.74, 6) is 0.543. The summed E-state index contributed by atoms with van der Waals surface area (Å²) in [7, 11) is 0. The smallest absolute Gasteiger partial charge is 0.257 e. The van der Waals surface area contributed by atoms with Crippen molar-refractivity contribution < 1.29 is 9.59 Å². The third-order valence-electron chi connectivity index (χ3n) is 6.76. The number of carbonyl (C=O) groups is 2. The summed E-state index contributed by atoms with van der Waals surface area (Å²) in [6, 6.07) is 7.65. The molecule has 2 amide bonds. The SMILES string of the molecule is CC(C)c1c(C(=O)N2CCC(NC(=O)C3CCCCC3)CC2)cnn1-c1ccc(Cl)cc1. The normalized spacial score (nSPS) is 18.2. The lowest BCUT2D eigenvalue weighted by Gasteiger charge is -2.33. The first-order valence-corrected chi connectivity index (χ1v) is 12.3. The molecule has 32 heavy (non-hydrogen) atoms. The summed E-state index contributed by atoms with van der Waals surface area (Å²) in [5.41, 5.74) is 2.45. The molecule has 1 saturated heterocycles. The van der Waals surface area contributed by atoms with E-state index in [0.29, 0.717) is 23.7 Å². The number of hydrogen-bond donors (Lipinski definition) is 1. The van der Waals surface area contributed by atoms with Crippen LogP contribution in [0, 0.1) is 5.92 Å². The van der Waals surface area contributed by atoms with Gasteiger partial charge in [-0.1, -0.05) is 44.7 Å². The van der Waals surface area contributed by atoms with E-state index in [9.17, 15) is 9.59 Å². The quantitative estimate of drug-likeness (QED) is 0.692. The Labute approximate surface area is 195 Å². The summed E-state index contributed by atoms with van der Waals surface area (Å²) >= 11 is 6.03. The van der Waals surface area contributed by atoms with E-state index in [1.54, 1.807) is 6.20 Å². The van der Waals surface area contributed by atoms with E-state index in [1.807, 2.05) is 33.8 Å². The zero-order valence-corrected chi connectivity index (χ0v) is 19.8. The Morgan fingerprint density at radius 1 is 1.03 bits per heavy atom. The van der Waals surface area contributed by atoms with Crippen LogP contribution in [0.4, 0.5) is 0 Å². The van der Waals surface area contributed by atoms with Crippen molar-refractivity contribution in [3.8, 4) is 5.69 Å². The summed E-state index contributed by atoms with van der Waals surface area (Å²) in [6.07, 6.45) is 8.87. The van der Waals surface area contributed by atoms with Gasteiger partial charge in [0.25, 0.3) is 5.91 Å². The number of amides is 2. The summed E-state index contributed by atoms with van der Waals surface area (Å²) < 4.78 is 1.84. The van der Waals surface area contributed by atoms with Gasteiger partial charge in [0.15, 0.2) is 0 Å². The van der Waals surface area contributed by atoms with Crippen LogP contribution in [-0.4, -0.2) is 45.6 Å². The van der Waals surface area contributed by atoms with Gasteiger partial charge in [0.2, 0.25) is 5.91 Å². The minimum absolute atomic E-state index is 0.0194. The van der Waals surface area contributed by atoms with Gasteiger partial charge >= 0.3 is 0 Å². The lowest BCUT2D eigenvalue weighted by atomic mass is 9.88. The van der Waals surface area contributed by atoms with E-state index in [0.717, 1.165) is 49.9 Å². The lowest BCUT2D eigenvalue weighted by Crippen LogP contribution is -2.48. The summed E-state index contributed by atoms with van der Waals surface area (Å²) in [4.78, 5) is 27.8. The van der Waals surface area contributed by atoms with Crippen molar-refractivity contribution in [3.05, 3.63) is 46.7 Å². The Hall–Kier alpha value is -2.34. The van der Waals surface area contributed by atoms with Crippen molar-refractivity contribution in [2.45, 2.75) is 70.8 Å². The average Bonchev–Trinajstić information content (AvgIpc) is 3.26. The zero-order chi connectivity index (χ0) is 22.7. The standard InChI is InChI=1S/C25H33ClN4O2/c1-17(2)23-22(16-27-30(23)21-10-8-19(26)9-11-21)25(32)29-14-12-20(13-15-29)28-24(31)18-6-4-3-5-7-18/h8-11,16-18,20H,3-7,12-15H2,1-2H3,(H,28,31). The van der Waals surface area contributed by atoms with Crippen molar-refractivity contribution in [2.24, 2.45) is 5.92 Å². The lowest BCUT2D eigenvalue weighted by molar-refractivity contribution is -0.126. The largest absolute Gasteiger partial charge is 0.353 e. The monoisotopic (exact) mass is 456 g/mol. The third-order valence-corrected chi connectivity index (χ3v) is 7.01. The fraction of sp³-hybridized carbons (Fsp3) is 0.560. The number of hydrogen-bond acceptors (Lipinski definition) is 3. The van der Waals surface area contributed by atoms with Gasteiger partial charge in [0.1, 0.15) is 0 Å². The molecular formula is C25H33ClN4O2. The number of nitrogens with one attached hydrogen (secondary N) is 1. The number of piperidine rings is 1. The molecule has 2 fully saturated rings. The van der Waals surface area contributed by atoms with E-state index in [-0.39, 0.29) is 29.7 Å². The van der Waals surface area contributed by atoms with Gasteiger partial charge in [-0.15, -0.1) is 0 Å². The summed E-state index contributed by atoms with van der Waals surface area (Å²) in [6.45, 7) is 5.46. The topological polar surface area (TPSA) is 67.2 Å². The van der Waals surface area contributed by atoms with Gasteiger partial charge in [0, 0.05) is 30.1 Å². The first kappa shape index (κ1) is 22.8. The van der Waals surface area contributed by atoms with Gasteiger partial charge in [-0.25, -0.2) is 4.68 Å². The number of aromatic nitrogens is 2. The van der Waals surface area contributed by atoms with Crippen LogP contribution in [0.3, 0.4) is 0 Å². The molecule has 0 radical (unpaired) electrons. The minimum Gasteiger partial charge on any atom is -0.353 e. The highest BCUT2D eigenvalue weighted by molar-refractivity contribution is 6.30. The molecule has 4 rings (SSSR count). The molecule has 0 bridgehead atoms. The molecule has 2 aromatic rings. The van der Waals surface area contributed by atoms with E-state index < -0.39 is 0 Å². The molecule has 0 unspecified atom stereocenters. The first-order chi connectivity index (χ1) is 15.4. The van der Waals surface area contributed by atoms with Gasteiger partial charge in [-0.05, 0) is 55.9 Å². The second kappa shape index (κ2) is 10.1. The van der Waals surface area contributed by atoms with Crippen LogP contribution >= 0.6 is 11.6 Å². The highest BCUT2D eigenvalue weighted by Gasteiger charge is 2.30. The predicted octanol–water partition coefficient (Wildman–Crippen LogP) is 4.95. The maximum absolute atomic E-state index is 13.4. The maximum atomic E-state index is 13.4. The van der Waals surface area contributed by atoms with E-state index in [2.05, 4.69) is 24.3 Å². The third kappa shape index (κ3) is 5.01. The maximum Gasteiger partial charge on any atom is 0.257 e. The van der Waals surface area contributed by atoms with Crippen LogP contribution < -0.4 is 5.32 Å². The Bertz CT molecular complexity index is 939. The van der Waals surface area contributed by atoms with Gasteiger partial charge in [0.05, 0.1) is 23.1 Å². The van der Waals surface area contributed by atoms with Crippen molar-refractivity contribution >= 4 is 23.4 Å². The van der Waals surface area contributed by atoms with Crippen molar-refractivity contribution in [1.29, 1.82) is 0 Å². The molecule has 2 aliphatic rings. The molecule has 1 N–H and O–H groups in total. The molecule has 0 atom stereocenters. The van der Waals surface area contributed by atoms with Crippen LogP contribution in [-0.2, 0) is 4.79 Å². The molecule has 1 aliphatic heterocycles. The van der Waals surface area contributed by atoms with Crippen LogP contribution in [0.1, 0.15) is 80.8 Å². The highest BCUT2D eigenvalue weighted by atomic mass is 35.5. The number of carbonyl (C=O) groups excluding carboxylic acids is 2. The number of halogens is 1. The van der Waals surface area contributed by atoms with Crippen molar-refractivity contribution in [1.82, 2.24) is 20.0 Å². The average molecular weight is 457 g/mol. The molecule has 1 saturated carbocycles. The molecule has 0 spiro atoms. The number of nitrogens with zero attached hydrogens (tertiary/aromatic N) is 3. The van der Waals surface area contributed by atoms with Crippen LogP contribution in [0.5, 0.6) is 0 Å². The Morgan fingerprint density at radius 3 is 2.31 bits per heavy atom. The summed E-state index contributed by atoms with van der Waals surface area (Å²) in [5, 5.41) is 8.44. The molecule has 172 valence electrons. The van der Waals surface area contributed by atoms with Crippen molar-refractivity contribution in [3.63, 3.8) is 0 Å². The molecule has 1 aromatic heterocycles. The van der Waals surface area contributed by atoms with E-state index >= 15 is 0 Å². The van der Waals surface area contributed by atoms with Crippen LogP contribution in [0.25, 0.3) is 5.69 Å². The Balaban J connectivity index is 1.41. The first-order valence-electron chi connectivity index (χ1n) is 11.9. The van der Waals surface area contributed by atoms with Gasteiger partial charge in [-0.2, -0.15) is 5.10 Å². The van der Waals surface area contributed by atoms with E-state index in [1.165, 1.54) is 6.42 Å². The highest BCUT2D eigenvalue weighted by Crippen LogP contribution is 2.27. The minimum atomic E-state index is 0.0194. The molecule has 6 nitrogen and oxygen atoms in total. The fourth-order valence-corrected chi connectivity index (χ4v) is 5.07. The molecule has 1 aromatic carbocycles. The van der Waals surface area contributed by atoms with Crippen LogP contribution in [0.2, 0.25) is 5.02 Å². The molecule has 2 heterocycles. The Morgan fingerprint density at radius 2 is 1.69 bits per heavy atom. The Kier molecular flexibility index (Phi) is 7.19. The molecule has 1 aliphatic carbocycles. The molecular weight excluding hydrogens is 424 g/mol. The second-order valence-corrected chi connectivity index (χ2v) is 9.83. The number of rotatable bonds is 5. The molecule has 7 heteroatoms. The number of benzene rings is 1. The van der Waals surface area contributed by atoms with Crippen molar-refractivity contribution in [2.75, 3.05) is 13.1 Å². The van der Waals surface area contributed by atoms with Gasteiger partial charge in [-0.3, -0.25) is 9.59 Å². The fourth-order valence-electron chi connectivity index (χ4n) is 4.95. The second-order valence-electron chi connectivity index (χ2n) is 9.40. The van der Waals surface area contributed by atoms with Gasteiger partial charge < -0.3 is 10.2 Å². The predicted molar refractivity (Wildman–Crippen MR) is 126 cm³/mol. The number of likely N-dealkylation sites (tertiary alicyclic amines) is 1. The van der Waals surface area contributed by atoms with E-state index in [4.69, 9.17) is 11.6 Å².